The van der Waals surface area contributed by atoms with Crippen LogP contribution in [0.15, 0.2) is 65.5 Å². The third kappa shape index (κ3) is 7.87. The molecule has 0 amide bonds. The van der Waals surface area contributed by atoms with Crippen LogP contribution in [0.4, 0.5) is 0 Å². The quantitative estimate of drug-likeness (QED) is 0.249. The predicted octanol–water partition coefficient (Wildman–Crippen LogP) is 8.75. The van der Waals surface area contributed by atoms with Crippen molar-refractivity contribution in [2.24, 2.45) is 5.92 Å². The molecular formula is C30H45N. The second-order valence-electron chi connectivity index (χ2n) is 9.57. The van der Waals surface area contributed by atoms with Crippen molar-refractivity contribution < 1.29 is 0 Å². The minimum absolute atomic E-state index is 0.460. The van der Waals surface area contributed by atoms with E-state index < -0.39 is 0 Å². The van der Waals surface area contributed by atoms with E-state index in [1.165, 1.54) is 76.9 Å². The van der Waals surface area contributed by atoms with E-state index in [0.29, 0.717) is 5.92 Å². The Morgan fingerprint density at radius 1 is 1.06 bits per heavy atom. The number of nitrogens with one attached hydrogen (secondary N) is 1. The number of allylic oxidation sites excluding steroid dienone is 5. The lowest BCUT2D eigenvalue weighted by molar-refractivity contribution is 0.496. The van der Waals surface area contributed by atoms with E-state index in [2.05, 4.69) is 77.4 Å². The van der Waals surface area contributed by atoms with E-state index >= 15 is 0 Å². The van der Waals surface area contributed by atoms with Crippen molar-refractivity contribution in [3.05, 3.63) is 82.2 Å². The molecule has 1 atom stereocenters. The van der Waals surface area contributed by atoms with Crippen molar-refractivity contribution >= 4 is 0 Å². The number of unbranched alkanes of at least 4 members (excludes halogenated alkanes) is 2. The topological polar surface area (TPSA) is 12.0 Å². The highest BCUT2D eigenvalue weighted by Gasteiger charge is 2.18. The second-order valence-corrected chi connectivity index (χ2v) is 9.57. The van der Waals surface area contributed by atoms with Gasteiger partial charge in [0.05, 0.1) is 0 Å². The zero-order valence-corrected chi connectivity index (χ0v) is 20.9. The van der Waals surface area contributed by atoms with Crippen LogP contribution in [0, 0.1) is 12.8 Å². The van der Waals surface area contributed by atoms with Crippen molar-refractivity contribution in [3.63, 3.8) is 0 Å². The first-order valence-corrected chi connectivity index (χ1v) is 12.4. The first kappa shape index (κ1) is 25.2. The summed E-state index contributed by atoms with van der Waals surface area (Å²) in [7, 11) is 0. The molecule has 1 aromatic carbocycles. The molecule has 1 N–H and O–H groups in total. The maximum Gasteiger partial charge on any atom is 0.0397 e. The summed E-state index contributed by atoms with van der Waals surface area (Å²) in [5.41, 5.74) is 10.9. The zero-order chi connectivity index (χ0) is 22.8. The minimum Gasteiger partial charge on any atom is -0.359 e. The fraction of sp³-hybridized carbons (Fsp3) is 0.533. The van der Waals surface area contributed by atoms with Crippen LogP contribution in [-0.4, -0.2) is 0 Å². The molecule has 31 heavy (non-hydrogen) atoms. The third-order valence-corrected chi connectivity index (χ3v) is 6.66. The van der Waals surface area contributed by atoms with E-state index in [4.69, 9.17) is 0 Å². The summed E-state index contributed by atoms with van der Waals surface area (Å²) in [5.74, 6) is 0.460. The smallest absolute Gasteiger partial charge is 0.0397 e. The lowest BCUT2D eigenvalue weighted by Crippen LogP contribution is -2.23. The molecule has 0 fully saturated rings. The van der Waals surface area contributed by atoms with E-state index in [0.717, 1.165) is 32.1 Å². The van der Waals surface area contributed by atoms with Gasteiger partial charge in [-0.15, -0.1) is 0 Å². The van der Waals surface area contributed by atoms with Crippen molar-refractivity contribution in [1.29, 1.82) is 0 Å². The second kappa shape index (κ2) is 12.7. The van der Waals surface area contributed by atoms with Crippen LogP contribution >= 0.6 is 0 Å². The Bertz CT molecular complexity index is 821. The average Bonchev–Trinajstić information content (AvgIpc) is 2.72. The van der Waals surface area contributed by atoms with Gasteiger partial charge in [0.2, 0.25) is 0 Å². The maximum absolute atomic E-state index is 4.51. The number of rotatable bonds is 13. The molecule has 1 heteroatoms. The fourth-order valence-electron chi connectivity index (χ4n) is 4.66. The lowest BCUT2D eigenvalue weighted by atomic mass is 9.88. The molecule has 2 rings (SSSR count). The number of hydrogen-bond acceptors (Lipinski definition) is 1. The van der Waals surface area contributed by atoms with Gasteiger partial charge >= 0.3 is 0 Å². The first-order chi connectivity index (χ1) is 14.8. The highest BCUT2D eigenvalue weighted by atomic mass is 14.9. The molecule has 170 valence electrons. The molecule has 1 aliphatic carbocycles. The van der Waals surface area contributed by atoms with Crippen LogP contribution in [-0.2, 0) is 12.8 Å². The summed E-state index contributed by atoms with van der Waals surface area (Å²) in [4.78, 5) is 0. The van der Waals surface area contributed by atoms with Gasteiger partial charge in [-0.05, 0) is 87.1 Å². The molecule has 1 aromatic rings. The predicted molar refractivity (Wildman–Crippen MR) is 138 cm³/mol. The normalized spacial score (nSPS) is 14.9. The van der Waals surface area contributed by atoms with Gasteiger partial charge in [-0.1, -0.05) is 82.5 Å². The van der Waals surface area contributed by atoms with E-state index in [-0.39, 0.29) is 0 Å². The summed E-state index contributed by atoms with van der Waals surface area (Å²) in [5, 5.41) is 3.74. The van der Waals surface area contributed by atoms with Crippen molar-refractivity contribution in [1.82, 2.24) is 5.32 Å². The van der Waals surface area contributed by atoms with Crippen LogP contribution in [0.25, 0.3) is 0 Å². The number of aryl methyl sites for hydroxylation is 1. The summed E-state index contributed by atoms with van der Waals surface area (Å²) in [6.07, 6.45) is 14.0. The molecule has 1 unspecified atom stereocenters. The Balaban J connectivity index is 2.12. The SMILES string of the molecule is C=C(CCC)Cc1ccc(CC(CCCCC)C(=C)NC2=C(C)CCC=C2C)cc1C. The highest BCUT2D eigenvalue weighted by Crippen LogP contribution is 2.28. The Morgan fingerprint density at radius 3 is 2.48 bits per heavy atom. The number of benzene rings is 1. The molecule has 0 bridgehead atoms. The highest BCUT2D eigenvalue weighted by molar-refractivity contribution is 5.38. The molecule has 0 heterocycles. The van der Waals surface area contributed by atoms with E-state index in [9.17, 15) is 0 Å². The molecule has 0 saturated heterocycles. The first-order valence-electron chi connectivity index (χ1n) is 12.4. The lowest BCUT2D eigenvalue weighted by Gasteiger charge is -2.26. The van der Waals surface area contributed by atoms with Gasteiger partial charge in [-0.3, -0.25) is 0 Å². The minimum atomic E-state index is 0.460. The zero-order valence-electron chi connectivity index (χ0n) is 20.9. The van der Waals surface area contributed by atoms with Crippen molar-refractivity contribution in [2.75, 3.05) is 0 Å². The maximum atomic E-state index is 4.51. The fourth-order valence-corrected chi connectivity index (χ4v) is 4.66. The largest absolute Gasteiger partial charge is 0.359 e. The molecule has 0 radical (unpaired) electrons. The Labute approximate surface area is 192 Å². The summed E-state index contributed by atoms with van der Waals surface area (Å²) in [6.45, 7) is 20.0. The standard InChI is InChI=1S/C30H45N/c1-8-10-11-16-29(26(7)31-30-23(4)14-12-15-24(30)5)21-27-17-18-28(25(6)20-27)19-22(3)13-9-2/h14,17-18,20,29,31H,3,7-13,15-16,19,21H2,1-2,4-6H3. The molecule has 0 saturated carbocycles. The Hall–Kier alpha value is -2.02. The Morgan fingerprint density at radius 2 is 1.84 bits per heavy atom. The third-order valence-electron chi connectivity index (χ3n) is 6.66. The molecular weight excluding hydrogens is 374 g/mol. The number of hydrogen-bond donors (Lipinski definition) is 1. The van der Waals surface area contributed by atoms with Gasteiger partial charge in [0, 0.05) is 17.3 Å². The van der Waals surface area contributed by atoms with Crippen LogP contribution < -0.4 is 5.32 Å². The van der Waals surface area contributed by atoms with E-state index in [1.807, 2.05) is 0 Å². The van der Waals surface area contributed by atoms with Crippen LogP contribution in [0.3, 0.4) is 0 Å². The van der Waals surface area contributed by atoms with Gasteiger partial charge < -0.3 is 5.32 Å². The molecule has 0 aromatic heterocycles. The van der Waals surface area contributed by atoms with Crippen LogP contribution in [0.5, 0.6) is 0 Å². The van der Waals surface area contributed by atoms with Gasteiger partial charge in [0.15, 0.2) is 0 Å². The average molecular weight is 420 g/mol. The van der Waals surface area contributed by atoms with Crippen LogP contribution in [0.1, 0.15) is 95.8 Å². The molecule has 0 aliphatic heterocycles. The monoisotopic (exact) mass is 419 g/mol. The van der Waals surface area contributed by atoms with Gasteiger partial charge in [-0.2, -0.15) is 0 Å². The van der Waals surface area contributed by atoms with Gasteiger partial charge in [0.25, 0.3) is 0 Å². The summed E-state index contributed by atoms with van der Waals surface area (Å²) in [6, 6.07) is 7.05. The van der Waals surface area contributed by atoms with Crippen LogP contribution in [0.2, 0.25) is 0 Å². The van der Waals surface area contributed by atoms with Gasteiger partial charge in [0.1, 0.15) is 0 Å². The summed E-state index contributed by atoms with van der Waals surface area (Å²) < 4.78 is 0. The Kier molecular flexibility index (Phi) is 10.4. The molecule has 1 aliphatic rings. The molecule has 0 spiro atoms. The summed E-state index contributed by atoms with van der Waals surface area (Å²) >= 11 is 0. The van der Waals surface area contributed by atoms with Crippen molar-refractivity contribution in [2.45, 2.75) is 98.8 Å². The molecule has 1 nitrogen and oxygen atoms in total. The van der Waals surface area contributed by atoms with Gasteiger partial charge in [-0.25, -0.2) is 0 Å². The van der Waals surface area contributed by atoms with E-state index in [1.54, 1.807) is 0 Å². The van der Waals surface area contributed by atoms with Crippen molar-refractivity contribution in [3.8, 4) is 0 Å².